The summed E-state index contributed by atoms with van der Waals surface area (Å²) in [6, 6.07) is 7.05. The van der Waals surface area contributed by atoms with Gasteiger partial charge in [-0.1, -0.05) is 19.1 Å². The molecule has 2 heterocycles. The summed E-state index contributed by atoms with van der Waals surface area (Å²) >= 11 is 1.78. The molecule has 0 aliphatic carbocycles. The SMILES string of the molecule is CCC(NCc1cscc1C)c1ccc2c(c1)CCO2. The molecule has 1 aromatic heterocycles. The lowest BCUT2D eigenvalue weighted by Crippen LogP contribution is -2.20. The number of nitrogens with one attached hydrogen (secondary N) is 1. The van der Waals surface area contributed by atoms with Gasteiger partial charge in [0.15, 0.2) is 0 Å². The van der Waals surface area contributed by atoms with Crippen molar-refractivity contribution in [3.05, 3.63) is 51.2 Å². The standard InChI is InChI=1S/C17H21NOS/c1-3-16(18-9-15-11-20-10-12(15)2)13-4-5-17-14(8-13)6-7-19-17/h4-5,8,10-11,16,18H,3,6-7,9H2,1-2H3. The summed E-state index contributed by atoms with van der Waals surface area (Å²) in [5.41, 5.74) is 5.54. The van der Waals surface area contributed by atoms with Crippen molar-refractivity contribution in [2.75, 3.05) is 6.61 Å². The molecule has 2 nitrogen and oxygen atoms in total. The first-order chi connectivity index (χ1) is 9.78. The van der Waals surface area contributed by atoms with E-state index in [0.717, 1.165) is 31.7 Å². The summed E-state index contributed by atoms with van der Waals surface area (Å²) in [5.74, 6) is 1.07. The smallest absolute Gasteiger partial charge is 0.122 e. The zero-order chi connectivity index (χ0) is 13.9. The Balaban J connectivity index is 1.71. The van der Waals surface area contributed by atoms with E-state index in [4.69, 9.17) is 4.74 Å². The molecule has 1 N–H and O–H groups in total. The van der Waals surface area contributed by atoms with Gasteiger partial charge in [-0.2, -0.15) is 11.3 Å². The van der Waals surface area contributed by atoms with Gasteiger partial charge in [-0.3, -0.25) is 0 Å². The first-order valence-electron chi connectivity index (χ1n) is 7.28. The third kappa shape index (κ3) is 2.74. The lowest BCUT2D eigenvalue weighted by Gasteiger charge is -2.18. The lowest BCUT2D eigenvalue weighted by atomic mass is 10.0. The molecule has 0 bridgehead atoms. The van der Waals surface area contributed by atoms with E-state index in [9.17, 15) is 0 Å². The van der Waals surface area contributed by atoms with Crippen LogP contribution in [-0.4, -0.2) is 6.61 Å². The van der Waals surface area contributed by atoms with Crippen molar-refractivity contribution in [2.24, 2.45) is 0 Å². The molecule has 3 rings (SSSR count). The molecule has 0 spiro atoms. The molecule has 0 fully saturated rings. The van der Waals surface area contributed by atoms with Crippen LogP contribution in [0.5, 0.6) is 5.75 Å². The minimum Gasteiger partial charge on any atom is -0.493 e. The maximum absolute atomic E-state index is 5.58. The third-order valence-corrected chi connectivity index (χ3v) is 4.93. The molecule has 1 aliphatic rings. The van der Waals surface area contributed by atoms with Gasteiger partial charge >= 0.3 is 0 Å². The molecule has 2 aromatic rings. The average molecular weight is 287 g/mol. The van der Waals surface area contributed by atoms with Crippen molar-refractivity contribution in [1.29, 1.82) is 0 Å². The Kier molecular flexibility index (Phi) is 4.08. The van der Waals surface area contributed by atoms with E-state index in [1.54, 1.807) is 11.3 Å². The van der Waals surface area contributed by atoms with Crippen LogP contribution in [-0.2, 0) is 13.0 Å². The maximum Gasteiger partial charge on any atom is 0.122 e. The van der Waals surface area contributed by atoms with E-state index in [0.29, 0.717) is 6.04 Å². The van der Waals surface area contributed by atoms with E-state index in [-0.39, 0.29) is 0 Å². The maximum atomic E-state index is 5.58. The fourth-order valence-corrected chi connectivity index (χ4v) is 3.58. The molecule has 3 heteroatoms. The molecule has 0 amide bonds. The highest BCUT2D eigenvalue weighted by Gasteiger charge is 2.16. The van der Waals surface area contributed by atoms with Gasteiger partial charge in [-0.25, -0.2) is 0 Å². The van der Waals surface area contributed by atoms with Crippen molar-refractivity contribution in [3.63, 3.8) is 0 Å². The van der Waals surface area contributed by atoms with E-state index < -0.39 is 0 Å². The second kappa shape index (κ2) is 5.98. The zero-order valence-electron chi connectivity index (χ0n) is 12.1. The number of hydrogen-bond donors (Lipinski definition) is 1. The topological polar surface area (TPSA) is 21.3 Å². The first kappa shape index (κ1) is 13.7. The van der Waals surface area contributed by atoms with Crippen LogP contribution >= 0.6 is 11.3 Å². The van der Waals surface area contributed by atoms with Crippen LogP contribution in [0.3, 0.4) is 0 Å². The Morgan fingerprint density at radius 2 is 2.25 bits per heavy atom. The molecule has 0 saturated heterocycles. The van der Waals surface area contributed by atoms with Crippen LogP contribution in [0.1, 0.15) is 41.6 Å². The van der Waals surface area contributed by atoms with E-state index in [1.807, 2.05) is 0 Å². The summed E-state index contributed by atoms with van der Waals surface area (Å²) in [5, 5.41) is 8.14. The monoisotopic (exact) mass is 287 g/mol. The largest absolute Gasteiger partial charge is 0.493 e. The molecule has 1 atom stereocenters. The van der Waals surface area contributed by atoms with Crippen molar-refractivity contribution < 1.29 is 4.74 Å². The summed E-state index contributed by atoms with van der Waals surface area (Å²) in [4.78, 5) is 0. The van der Waals surface area contributed by atoms with Gasteiger partial charge in [-0.15, -0.1) is 0 Å². The van der Waals surface area contributed by atoms with Gasteiger partial charge in [-0.05, 0) is 52.4 Å². The Morgan fingerprint density at radius 1 is 1.35 bits per heavy atom. The Hall–Kier alpha value is -1.32. The molecule has 0 saturated carbocycles. The number of thiophene rings is 1. The van der Waals surface area contributed by atoms with Crippen LogP contribution in [0.25, 0.3) is 0 Å². The van der Waals surface area contributed by atoms with Gasteiger partial charge in [0.2, 0.25) is 0 Å². The fourth-order valence-electron chi connectivity index (χ4n) is 2.72. The van der Waals surface area contributed by atoms with Gasteiger partial charge < -0.3 is 10.1 Å². The minimum atomic E-state index is 0.417. The van der Waals surface area contributed by atoms with Gasteiger partial charge in [0.25, 0.3) is 0 Å². The summed E-state index contributed by atoms with van der Waals surface area (Å²) in [7, 11) is 0. The predicted molar refractivity (Wildman–Crippen MR) is 84.6 cm³/mol. The molecule has 1 aliphatic heterocycles. The Morgan fingerprint density at radius 3 is 3.00 bits per heavy atom. The second-order valence-corrected chi connectivity index (χ2v) is 6.13. The number of fused-ring (bicyclic) bond motifs is 1. The quantitative estimate of drug-likeness (QED) is 0.888. The highest BCUT2D eigenvalue weighted by atomic mass is 32.1. The normalized spacial score (nSPS) is 14.9. The molecular formula is C17H21NOS. The van der Waals surface area contributed by atoms with Crippen LogP contribution in [0.4, 0.5) is 0 Å². The van der Waals surface area contributed by atoms with Gasteiger partial charge in [0.1, 0.15) is 5.75 Å². The van der Waals surface area contributed by atoms with Gasteiger partial charge in [0, 0.05) is 19.0 Å². The lowest BCUT2D eigenvalue weighted by molar-refractivity contribution is 0.356. The molecule has 0 radical (unpaired) electrons. The Labute approximate surface area is 124 Å². The Bertz CT molecular complexity index is 590. The van der Waals surface area contributed by atoms with Gasteiger partial charge in [0.05, 0.1) is 6.61 Å². The minimum absolute atomic E-state index is 0.417. The second-order valence-electron chi connectivity index (χ2n) is 5.39. The summed E-state index contributed by atoms with van der Waals surface area (Å²) < 4.78 is 5.58. The van der Waals surface area contributed by atoms with E-state index >= 15 is 0 Å². The van der Waals surface area contributed by atoms with E-state index in [2.05, 4.69) is 48.1 Å². The average Bonchev–Trinajstić information content (AvgIpc) is 3.08. The number of ether oxygens (including phenoxy) is 1. The molecule has 20 heavy (non-hydrogen) atoms. The molecular weight excluding hydrogens is 266 g/mol. The van der Waals surface area contributed by atoms with Crippen molar-refractivity contribution in [1.82, 2.24) is 5.32 Å². The number of benzene rings is 1. The molecule has 106 valence electrons. The summed E-state index contributed by atoms with van der Waals surface area (Å²) in [6.45, 7) is 6.20. The highest BCUT2D eigenvalue weighted by molar-refractivity contribution is 7.08. The zero-order valence-corrected chi connectivity index (χ0v) is 12.9. The van der Waals surface area contributed by atoms with E-state index in [1.165, 1.54) is 22.3 Å². The fraction of sp³-hybridized carbons (Fsp3) is 0.412. The predicted octanol–water partition coefficient (Wildman–Crippen LogP) is 4.23. The van der Waals surface area contributed by atoms with Crippen molar-refractivity contribution >= 4 is 11.3 Å². The molecule has 1 aromatic carbocycles. The first-order valence-corrected chi connectivity index (χ1v) is 8.23. The van der Waals surface area contributed by atoms with Crippen molar-refractivity contribution in [2.45, 2.75) is 39.3 Å². The van der Waals surface area contributed by atoms with Crippen LogP contribution in [0.2, 0.25) is 0 Å². The summed E-state index contributed by atoms with van der Waals surface area (Å²) in [6.07, 6.45) is 2.14. The highest BCUT2D eigenvalue weighted by Crippen LogP contribution is 2.29. The van der Waals surface area contributed by atoms with Crippen molar-refractivity contribution in [3.8, 4) is 5.75 Å². The third-order valence-electron chi connectivity index (χ3n) is 4.02. The number of hydrogen-bond acceptors (Lipinski definition) is 3. The number of rotatable bonds is 5. The van der Waals surface area contributed by atoms with Crippen LogP contribution in [0.15, 0.2) is 29.0 Å². The molecule has 1 unspecified atom stereocenters. The van der Waals surface area contributed by atoms with Crippen LogP contribution in [0, 0.1) is 6.92 Å². The van der Waals surface area contributed by atoms with Crippen LogP contribution < -0.4 is 10.1 Å². The number of aryl methyl sites for hydroxylation is 1.